The number of methoxy groups -OCH3 is 1. The van der Waals surface area contributed by atoms with Gasteiger partial charge in [0.05, 0.1) is 12.8 Å². The van der Waals surface area contributed by atoms with Crippen LogP contribution in [0, 0.1) is 5.92 Å². The number of carbonyl (C=O) groups excluding carboxylic acids is 2. The molecule has 5 heteroatoms. The Balaban J connectivity index is 2.33. The van der Waals surface area contributed by atoms with Crippen LogP contribution in [0.25, 0.3) is 0 Å². The Morgan fingerprint density at radius 3 is 2.89 bits per heavy atom. The van der Waals surface area contributed by atoms with E-state index in [0.717, 1.165) is 0 Å². The molecular formula is C13H16N2O3. The molecule has 0 bridgehead atoms. The molecule has 0 radical (unpaired) electrons. The zero-order valence-electron chi connectivity index (χ0n) is 10.5. The molecule has 18 heavy (non-hydrogen) atoms. The number of urea groups is 1. The van der Waals surface area contributed by atoms with Crippen LogP contribution in [0.3, 0.4) is 0 Å². The zero-order chi connectivity index (χ0) is 13.1. The summed E-state index contributed by atoms with van der Waals surface area (Å²) < 4.78 is 5.10. The number of imide groups is 1. The highest BCUT2D eigenvalue weighted by Crippen LogP contribution is 2.23. The van der Waals surface area contributed by atoms with E-state index in [4.69, 9.17) is 4.74 Å². The summed E-state index contributed by atoms with van der Waals surface area (Å²) in [4.78, 5) is 25.2. The number of nitrogens with one attached hydrogen (secondary N) is 1. The van der Waals surface area contributed by atoms with Gasteiger partial charge in [0.2, 0.25) is 5.91 Å². The molecule has 0 aromatic heterocycles. The highest BCUT2D eigenvalue weighted by molar-refractivity contribution is 6.14. The Morgan fingerprint density at radius 2 is 2.17 bits per heavy atom. The van der Waals surface area contributed by atoms with Crippen LogP contribution in [0.5, 0.6) is 5.75 Å². The first-order valence-corrected chi connectivity index (χ1v) is 5.86. The molecule has 1 aromatic carbocycles. The molecule has 0 saturated carbocycles. The van der Waals surface area contributed by atoms with Gasteiger partial charge in [-0.15, -0.1) is 0 Å². The van der Waals surface area contributed by atoms with Crippen molar-refractivity contribution < 1.29 is 14.3 Å². The number of ether oxygens (including phenoxy) is 1. The number of benzene rings is 1. The Hall–Kier alpha value is -2.04. The molecular weight excluding hydrogens is 232 g/mol. The van der Waals surface area contributed by atoms with Crippen molar-refractivity contribution in [1.29, 1.82) is 0 Å². The molecule has 1 atom stereocenters. The average Bonchev–Trinajstić information content (AvgIpc) is 2.48. The number of carbonyl (C=O) groups is 2. The third-order valence-corrected chi connectivity index (χ3v) is 2.89. The van der Waals surface area contributed by atoms with E-state index in [2.05, 4.69) is 5.32 Å². The van der Waals surface area contributed by atoms with Crippen LogP contribution in [0.15, 0.2) is 24.3 Å². The second kappa shape index (κ2) is 5.08. The molecule has 1 saturated heterocycles. The highest BCUT2D eigenvalue weighted by atomic mass is 16.5. The van der Waals surface area contributed by atoms with Crippen molar-refractivity contribution in [3.05, 3.63) is 24.3 Å². The first kappa shape index (κ1) is 12.4. The van der Waals surface area contributed by atoms with Crippen molar-refractivity contribution in [2.45, 2.75) is 13.3 Å². The number of hydrogen-bond acceptors (Lipinski definition) is 3. The quantitative estimate of drug-likeness (QED) is 0.867. The van der Waals surface area contributed by atoms with Gasteiger partial charge in [0, 0.05) is 19.0 Å². The van der Waals surface area contributed by atoms with E-state index in [9.17, 15) is 9.59 Å². The van der Waals surface area contributed by atoms with E-state index < -0.39 is 0 Å². The molecule has 1 aromatic rings. The Kier molecular flexibility index (Phi) is 3.50. The summed E-state index contributed by atoms with van der Waals surface area (Å²) in [7, 11) is 1.55. The molecule has 1 fully saturated rings. The summed E-state index contributed by atoms with van der Waals surface area (Å²) in [5.41, 5.74) is 0.533. The van der Waals surface area contributed by atoms with Crippen molar-refractivity contribution >= 4 is 17.6 Å². The maximum atomic E-state index is 12.1. The smallest absolute Gasteiger partial charge is 0.328 e. The minimum atomic E-state index is -0.377. The van der Waals surface area contributed by atoms with E-state index >= 15 is 0 Å². The van der Waals surface area contributed by atoms with Gasteiger partial charge in [0.15, 0.2) is 0 Å². The van der Waals surface area contributed by atoms with Crippen LogP contribution in [-0.2, 0) is 4.79 Å². The summed E-state index contributed by atoms with van der Waals surface area (Å²) in [6, 6.07) is 6.54. The predicted octanol–water partition coefficient (Wildman–Crippen LogP) is 1.78. The number of amides is 3. The predicted molar refractivity (Wildman–Crippen MR) is 67.7 cm³/mol. The van der Waals surface area contributed by atoms with E-state index in [1.807, 2.05) is 6.92 Å². The third-order valence-electron chi connectivity index (χ3n) is 2.89. The summed E-state index contributed by atoms with van der Waals surface area (Å²) in [5, 5.41) is 2.74. The largest absolute Gasteiger partial charge is 0.497 e. The summed E-state index contributed by atoms with van der Waals surface area (Å²) in [6.45, 7) is 2.46. The fourth-order valence-electron chi connectivity index (χ4n) is 1.93. The monoisotopic (exact) mass is 248 g/mol. The lowest BCUT2D eigenvalue weighted by atomic mass is 10.1. The average molecular weight is 248 g/mol. The number of nitrogens with zero attached hydrogens (tertiary/aromatic N) is 1. The maximum Gasteiger partial charge on any atom is 0.328 e. The van der Waals surface area contributed by atoms with Gasteiger partial charge in [-0.05, 0) is 18.1 Å². The standard InChI is InChI=1S/C13H16N2O3/c1-9-6-12(16)15(13(17)14-8-9)10-4-3-5-11(7-10)18-2/h3-5,7,9H,6,8H2,1-2H3,(H,14,17). The van der Waals surface area contributed by atoms with Crippen LogP contribution >= 0.6 is 0 Å². The first-order chi connectivity index (χ1) is 8.61. The minimum absolute atomic E-state index is 0.150. The van der Waals surface area contributed by atoms with Crippen molar-refractivity contribution in [3.63, 3.8) is 0 Å². The van der Waals surface area contributed by atoms with Crippen LogP contribution in [0.4, 0.5) is 10.5 Å². The van der Waals surface area contributed by atoms with Crippen LogP contribution in [0.2, 0.25) is 0 Å². The van der Waals surface area contributed by atoms with Crippen LogP contribution < -0.4 is 15.0 Å². The van der Waals surface area contributed by atoms with Crippen molar-refractivity contribution in [2.24, 2.45) is 5.92 Å². The Morgan fingerprint density at radius 1 is 1.39 bits per heavy atom. The normalized spacial score (nSPS) is 20.3. The second-order valence-electron chi connectivity index (χ2n) is 4.43. The minimum Gasteiger partial charge on any atom is -0.497 e. The molecule has 3 amide bonds. The Bertz CT molecular complexity index is 473. The van der Waals surface area contributed by atoms with E-state index in [1.165, 1.54) is 4.90 Å². The third kappa shape index (κ3) is 2.45. The van der Waals surface area contributed by atoms with Gasteiger partial charge in [0.1, 0.15) is 5.75 Å². The summed E-state index contributed by atoms with van der Waals surface area (Å²) in [5.74, 6) is 0.577. The second-order valence-corrected chi connectivity index (χ2v) is 4.43. The van der Waals surface area contributed by atoms with E-state index in [0.29, 0.717) is 24.4 Å². The molecule has 5 nitrogen and oxygen atoms in total. The SMILES string of the molecule is COc1cccc(N2C(=O)CC(C)CNC2=O)c1. The topological polar surface area (TPSA) is 58.6 Å². The molecule has 0 aliphatic carbocycles. The van der Waals surface area contributed by atoms with Gasteiger partial charge in [-0.25, -0.2) is 9.69 Å². The molecule has 1 unspecified atom stereocenters. The molecule has 0 spiro atoms. The van der Waals surface area contributed by atoms with Gasteiger partial charge in [-0.1, -0.05) is 13.0 Å². The van der Waals surface area contributed by atoms with E-state index in [1.54, 1.807) is 31.4 Å². The number of hydrogen-bond donors (Lipinski definition) is 1. The van der Waals surface area contributed by atoms with Crippen molar-refractivity contribution in [3.8, 4) is 5.75 Å². The van der Waals surface area contributed by atoms with Crippen LogP contribution in [0.1, 0.15) is 13.3 Å². The summed E-state index contributed by atoms with van der Waals surface area (Å²) in [6.07, 6.45) is 0.357. The Labute approximate surface area is 106 Å². The molecule has 1 aliphatic rings. The number of anilines is 1. The fourth-order valence-corrected chi connectivity index (χ4v) is 1.93. The molecule has 2 rings (SSSR count). The fraction of sp³-hybridized carbons (Fsp3) is 0.385. The van der Waals surface area contributed by atoms with Gasteiger partial charge < -0.3 is 10.1 Å². The highest BCUT2D eigenvalue weighted by Gasteiger charge is 2.28. The lowest BCUT2D eigenvalue weighted by molar-refractivity contribution is -0.118. The lowest BCUT2D eigenvalue weighted by Gasteiger charge is -2.18. The molecule has 1 heterocycles. The lowest BCUT2D eigenvalue weighted by Crippen LogP contribution is -2.41. The zero-order valence-corrected chi connectivity index (χ0v) is 10.5. The van der Waals surface area contributed by atoms with E-state index in [-0.39, 0.29) is 17.9 Å². The first-order valence-electron chi connectivity index (χ1n) is 5.86. The maximum absolute atomic E-state index is 12.1. The van der Waals surface area contributed by atoms with Gasteiger partial charge >= 0.3 is 6.03 Å². The van der Waals surface area contributed by atoms with Crippen molar-refractivity contribution in [2.75, 3.05) is 18.6 Å². The summed E-state index contributed by atoms with van der Waals surface area (Å²) >= 11 is 0. The van der Waals surface area contributed by atoms with Crippen LogP contribution in [-0.4, -0.2) is 25.6 Å². The molecule has 1 aliphatic heterocycles. The van der Waals surface area contributed by atoms with Gasteiger partial charge in [-0.3, -0.25) is 4.79 Å². The molecule has 1 N–H and O–H groups in total. The van der Waals surface area contributed by atoms with Crippen molar-refractivity contribution in [1.82, 2.24) is 5.32 Å². The number of rotatable bonds is 2. The van der Waals surface area contributed by atoms with Gasteiger partial charge in [0.25, 0.3) is 0 Å². The van der Waals surface area contributed by atoms with Gasteiger partial charge in [-0.2, -0.15) is 0 Å². The molecule has 96 valence electrons.